The minimum atomic E-state index is -0.170. The highest BCUT2D eigenvalue weighted by molar-refractivity contribution is 6.04. The molecule has 0 saturated carbocycles. The Labute approximate surface area is 206 Å². The Bertz CT molecular complexity index is 1030. The third-order valence-electron chi connectivity index (χ3n) is 6.20. The molecule has 1 N–H and O–H groups in total. The number of anilines is 1. The fourth-order valence-corrected chi connectivity index (χ4v) is 4.12. The predicted molar refractivity (Wildman–Crippen MR) is 136 cm³/mol. The van der Waals surface area contributed by atoms with Crippen molar-refractivity contribution in [3.05, 3.63) is 64.7 Å². The van der Waals surface area contributed by atoms with Gasteiger partial charge >= 0.3 is 5.97 Å². The predicted octanol–water partition coefficient (Wildman–Crippen LogP) is 3.31. The molecule has 0 unspecified atom stereocenters. The highest BCUT2D eigenvalue weighted by Gasteiger charge is 2.20. The number of esters is 1. The summed E-state index contributed by atoms with van der Waals surface area (Å²) in [5.74, 6) is -0.305. The average molecular weight is 479 g/mol. The zero-order valence-corrected chi connectivity index (χ0v) is 20.4. The van der Waals surface area contributed by atoms with Crippen LogP contribution in [0.1, 0.15) is 46.8 Å². The van der Waals surface area contributed by atoms with E-state index in [1.165, 1.54) is 0 Å². The maximum absolute atomic E-state index is 12.8. The van der Waals surface area contributed by atoms with Gasteiger partial charge in [-0.3, -0.25) is 19.5 Å². The van der Waals surface area contributed by atoms with E-state index >= 15 is 0 Å². The van der Waals surface area contributed by atoms with E-state index in [1.54, 1.807) is 0 Å². The van der Waals surface area contributed by atoms with Gasteiger partial charge in [0.1, 0.15) is 0 Å². The van der Waals surface area contributed by atoms with Crippen molar-refractivity contribution in [1.29, 1.82) is 0 Å². The SMILES string of the molecule is CCCCOC(=O)CN1CCc2cc(C(=O)Nc3ccc(/C=N/N4CCOCC4)cc3)ccc2C1. The van der Waals surface area contributed by atoms with Crippen LogP contribution in [0.25, 0.3) is 0 Å². The summed E-state index contributed by atoms with van der Waals surface area (Å²) in [6, 6.07) is 13.4. The van der Waals surface area contributed by atoms with Gasteiger partial charge in [-0.05, 0) is 53.8 Å². The van der Waals surface area contributed by atoms with Crippen molar-refractivity contribution in [2.24, 2.45) is 5.10 Å². The Morgan fingerprint density at radius 3 is 2.66 bits per heavy atom. The third kappa shape index (κ3) is 7.37. The standard InChI is InChI=1S/C27H34N4O4/c1-2-3-14-35-26(32)20-30-11-10-22-17-23(6-7-24(22)19-30)27(33)29-25-8-4-21(5-9-25)18-28-31-12-15-34-16-13-31/h4-9,17-18H,2-3,10-16,19-20H2,1H3,(H,29,33)/b28-18+. The number of rotatable bonds is 9. The first-order valence-corrected chi connectivity index (χ1v) is 12.4. The molecule has 186 valence electrons. The van der Waals surface area contributed by atoms with Crippen LogP contribution < -0.4 is 5.32 Å². The Kier molecular flexibility index (Phi) is 8.86. The normalized spacial score (nSPS) is 16.2. The van der Waals surface area contributed by atoms with E-state index in [4.69, 9.17) is 9.47 Å². The largest absolute Gasteiger partial charge is 0.465 e. The van der Waals surface area contributed by atoms with Crippen molar-refractivity contribution in [2.45, 2.75) is 32.7 Å². The van der Waals surface area contributed by atoms with Gasteiger partial charge in [-0.25, -0.2) is 0 Å². The molecule has 2 heterocycles. The molecule has 2 aliphatic heterocycles. The zero-order chi connectivity index (χ0) is 24.5. The fraction of sp³-hybridized carbons (Fsp3) is 0.444. The van der Waals surface area contributed by atoms with Gasteiger partial charge in [0.25, 0.3) is 5.91 Å². The summed E-state index contributed by atoms with van der Waals surface area (Å²) in [6.45, 7) is 7.34. The van der Waals surface area contributed by atoms with Crippen LogP contribution in [0.5, 0.6) is 0 Å². The van der Waals surface area contributed by atoms with Crippen molar-refractivity contribution in [2.75, 3.05) is 51.3 Å². The fourth-order valence-electron chi connectivity index (χ4n) is 4.12. The molecular weight excluding hydrogens is 444 g/mol. The van der Waals surface area contributed by atoms with Crippen LogP contribution in [0.4, 0.5) is 5.69 Å². The number of fused-ring (bicyclic) bond motifs is 1. The maximum atomic E-state index is 12.8. The van der Waals surface area contributed by atoms with Crippen LogP contribution in [0, 0.1) is 0 Å². The lowest BCUT2D eigenvalue weighted by molar-refractivity contribution is -0.145. The lowest BCUT2D eigenvalue weighted by Gasteiger charge is -2.28. The number of unbranched alkanes of at least 4 members (excludes halogenated alkanes) is 1. The van der Waals surface area contributed by atoms with Gasteiger partial charge in [0.05, 0.1) is 45.7 Å². The molecule has 1 amide bonds. The number of amides is 1. The molecule has 35 heavy (non-hydrogen) atoms. The van der Waals surface area contributed by atoms with Gasteiger partial charge in [0, 0.05) is 24.3 Å². The lowest BCUT2D eigenvalue weighted by atomic mass is 9.97. The van der Waals surface area contributed by atoms with Gasteiger partial charge in [-0.1, -0.05) is 31.5 Å². The highest BCUT2D eigenvalue weighted by Crippen LogP contribution is 2.21. The molecule has 0 spiro atoms. The van der Waals surface area contributed by atoms with Crippen molar-refractivity contribution < 1.29 is 19.1 Å². The second-order valence-electron chi connectivity index (χ2n) is 8.90. The molecule has 0 bridgehead atoms. The van der Waals surface area contributed by atoms with Crippen LogP contribution in [0.15, 0.2) is 47.6 Å². The molecule has 2 aromatic rings. The lowest BCUT2D eigenvalue weighted by Crippen LogP contribution is -2.35. The van der Waals surface area contributed by atoms with E-state index < -0.39 is 0 Å². The second-order valence-corrected chi connectivity index (χ2v) is 8.90. The minimum Gasteiger partial charge on any atom is -0.465 e. The Morgan fingerprint density at radius 1 is 1.09 bits per heavy atom. The van der Waals surface area contributed by atoms with Crippen LogP contribution in [0.2, 0.25) is 0 Å². The number of carbonyl (C=O) groups excluding carboxylic acids is 2. The Morgan fingerprint density at radius 2 is 1.89 bits per heavy atom. The first-order chi connectivity index (χ1) is 17.1. The van der Waals surface area contributed by atoms with E-state index in [1.807, 2.05) is 53.7 Å². The quantitative estimate of drug-likeness (QED) is 0.338. The third-order valence-corrected chi connectivity index (χ3v) is 6.20. The molecule has 2 aliphatic rings. The maximum Gasteiger partial charge on any atom is 0.320 e. The van der Waals surface area contributed by atoms with Crippen LogP contribution >= 0.6 is 0 Å². The Balaban J connectivity index is 1.29. The summed E-state index contributed by atoms with van der Waals surface area (Å²) in [5, 5.41) is 9.45. The molecule has 0 atom stereocenters. The summed E-state index contributed by atoms with van der Waals surface area (Å²) in [5.41, 5.74) is 4.65. The molecule has 8 nitrogen and oxygen atoms in total. The molecule has 0 radical (unpaired) electrons. The van der Waals surface area contributed by atoms with E-state index in [-0.39, 0.29) is 11.9 Å². The number of carbonyl (C=O) groups is 2. The highest BCUT2D eigenvalue weighted by atomic mass is 16.5. The summed E-state index contributed by atoms with van der Waals surface area (Å²) in [4.78, 5) is 26.9. The van der Waals surface area contributed by atoms with Crippen molar-refractivity contribution in [3.63, 3.8) is 0 Å². The minimum absolute atomic E-state index is 0.135. The topological polar surface area (TPSA) is 83.5 Å². The van der Waals surface area contributed by atoms with Crippen LogP contribution in [-0.2, 0) is 27.2 Å². The molecule has 8 heteroatoms. The smallest absolute Gasteiger partial charge is 0.320 e. The number of hydrazone groups is 1. The second kappa shape index (κ2) is 12.5. The number of hydrogen-bond acceptors (Lipinski definition) is 7. The van der Waals surface area contributed by atoms with Gasteiger partial charge in [0.2, 0.25) is 0 Å². The molecule has 1 fully saturated rings. The first-order valence-electron chi connectivity index (χ1n) is 12.4. The van der Waals surface area contributed by atoms with E-state index in [2.05, 4.69) is 22.2 Å². The molecule has 1 saturated heterocycles. The van der Waals surface area contributed by atoms with Crippen LogP contribution in [-0.4, -0.2) is 74.0 Å². The number of morpholine rings is 1. The molecule has 2 aromatic carbocycles. The molecular formula is C27H34N4O4. The zero-order valence-electron chi connectivity index (χ0n) is 20.4. The van der Waals surface area contributed by atoms with Crippen molar-refractivity contribution in [3.8, 4) is 0 Å². The van der Waals surface area contributed by atoms with Gasteiger partial charge in [-0.2, -0.15) is 5.10 Å². The summed E-state index contributed by atoms with van der Waals surface area (Å²) < 4.78 is 10.6. The summed E-state index contributed by atoms with van der Waals surface area (Å²) in [6.07, 6.45) is 4.53. The van der Waals surface area contributed by atoms with Crippen molar-refractivity contribution >= 4 is 23.8 Å². The monoisotopic (exact) mass is 478 g/mol. The molecule has 0 aromatic heterocycles. The van der Waals surface area contributed by atoms with Crippen LogP contribution in [0.3, 0.4) is 0 Å². The van der Waals surface area contributed by atoms with E-state index in [9.17, 15) is 9.59 Å². The summed E-state index contributed by atoms with van der Waals surface area (Å²) in [7, 11) is 0. The van der Waals surface area contributed by atoms with E-state index in [0.29, 0.717) is 38.5 Å². The van der Waals surface area contributed by atoms with E-state index in [0.717, 1.165) is 61.3 Å². The number of hydrogen-bond donors (Lipinski definition) is 1. The average Bonchev–Trinajstić information content (AvgIpc) is 2.88. The first kappa shape index (κ1) is 24.9. The van der Waals surface area contributed by atoms with Gasteiger partial charge < -0.3 is 14.8 Å². The number of benzene rings is 2. The Hall–Kier alpha value is -3.23. The number of nitrogens with one attached hydrogen (secondary N) is 1. The number of nitrogens with zero attached hydrogens (tertiary/aromatic N) is 3. The van der Waals surface area contributed by atoms with Gasteiger partial charge in [0.15, 0.2) is 0 Å². The number of ether oxygens (including phenoxy) is 2. The molecule has 0 aliphatic carbocycles. The summed E-state index contributed by atoms with van der Waals surface area (Å²) >= 11 is 0. The molecule has 4 rings (SSSR count). The van der Waals surface area contributed by atoms with Gasteiger partial charge in [-0.15, -0.1) is 0 Å². The van der Waals surface area contributed by atoms with Crippen molar-refractivity contribution in [1.82, 2.24) is 9.91 Å².